The third-order valence-electron chi connectivity index (χ3n) is 4.24. The Hall–Kier alpha value is -2.66. The van der Waals surface area contributed by atoms with Gasteiger partial charge in [0.2, 0.25) is 0 Å². The van der Waals surface area contributed by atoms with Crippen molar-refractivity contribution >= 4 is 17.2 Å². The summed E-state index contributed by atoms with van der Waals surface area (Å²) in [4.78, 5) is 16.8. The number of aryl methyl sites for hydroxylation is 2. The normalized spacial score (nSPS) is 10.6. The van der Waals surface area contributed by atoms with Gasteiger partial charge in [-0.1, -0.05) is 30.3 Å². The van der Waals surface area contributed by atoms with Gasteiger partial charge >= 0.3 is 0 Å². The van der Waals surface area contributed by atoms with Gasteiger partial charge in [0.1, 0.15) is 5.75 Å². The van der Waals surface area contributed by atoms with Gasteiger partial charge in [-0.15, -0.1) is 11.3 Å². The first-order valence-corrected chi connectivity index (χ1v) is 9.39. The molecule has 0 atom stereocenters. The van der Waals surface area contributed by atoms with Crippen LogP contribution in [0.15, 0.2) is 47.8 Å². The maximum Gasteiger partial charge on any atom is 0.251 e. The van der Waals surface area contributed by atoms with Crippen LogP contribution >= 0.6 is 11.3 Å². The average Bonchev–Trinajstić information content (AvgIpc) is 3.09. The zero-order valence-corrected chi connectivity index (χ0v) is 16.0. The molecule has 5 heteroatoms. The number of nitrogens with one attached hydrogen (secondary N) is 1. The number of ether oxygens (including phenoxy) is 1. The molecule has 1 amide bonds. The number of amides is 1. The van der Waals surface area contributed by atoms with E-state index in [1.54, 1.807) is 24.5 Å². The van der Waals surface area contributed by atoms with Gasteiger partial charge in [-0.05, 0) is 43.5 Å². The molecule has 0 aliphatic heterocycles. The van der Waals surface area contributed by atoms with Crippen LogP contribution in [0.3, 0.4) is 0 Å². The van der Waals surface area contributed by atoms with E-state index in [1.807, 2.05) is 26.0 Å². The number of hydrogen-bond donors (Lipinski definition) is 1. The van der Waals surface area contributed by atoms with E-state index in [-0.39, 0.29) is 5.91 Å². The number of carbonyl (C=O) groups is 1. The van der Waals surface area contributed by atoms with Gasteiger partial charge < -0.3 is 10.1 Å². The van der Waals surface area contributed by atoms with Crippen LogP contribution < -0.4 is 10.1 Å². The van der Waals surface area contributed by atoms with Crippen molar-refractivity contribution in [2.75, 3.05) is 13.7 Å². The lowest BCUT2D eigenvalue weighted by Gasteiger charge is -2.09. The lowest BCUT2D eigenvalue weighted by atomic mass is 10.1. The lowest BCUT2D eigenvalue weighted by molar-refractivity contribution is 0.0954. The van der Waals surface area contributed by atoms with Crippen LogP contribution in [0.25, 0.3) is 11.3 Å². The number of thiazole rings is 1. The Labute approximate surface area is 157 Å². The van der Waals surface area contributed by atoms with Crippen LogP contribution in [0, 0.1) is 13.8 Å². The summed E-state index contributed by atoms with van der Waals surface area (Å²) in [5.41, 5.74) is 4.94. The van der Waals surface area contributed by atoms with Gasteiger partial charge in [-0.25, -0.2) is 4.98 Å². The summed E-state index contributed by atoms with van der Waals surface area (Å²) in [5, 5.41) is 6.10. The predicted octanol–water partition coefficient (Wildman–Crippen LogP) is 4.41. The third-order valence-corrected chi connectivity index (χ3v) is 5.01. The summed E-state index contributed by atoms with van der Waals surface area (Å²) < 4.78 is 5.27. The van der Waals surface area contributed by atoms with E-state index in [0.717, 1.165) is 34.0 Å². The predicted molar refractivity (Wildman–Crippen MR) is 106 cm³/mol. The van der Waals surface area contributed by atoms with E-state index in [9.17, 15) is 4.79 Å². The van der Waals surface area contributed by atoms with E-state index in [1.165, 1.54) is 5.56 Å². The van der Waals surface area contributed by atoms with Gasteiger partial charge in [0.25, 0.3) is 5.91 Å². The second kappa shape index (κ2) is 8.15. The Kier molecular flexibility index (Phi) is 5.68. The van der Waals surface area contributed by atoms with Crippen LogP contribution in [0.1, 0.15) is 26.5 Å². The second-order valence-electron chi connectivity index (χ2n) is 6.14. The van der Waals surface area contributed by atoms with E-state index >= 15 is 0 Å². The number of benzene rings is 2. The molecule has 4 nitrogen and oxygen atoms in total. The maximum atomic E-state index is 12.3. The molecule has 0 aliphatic rings. The molecular weight excluding hydrogens is 344 g/mol. The number of hydrogen-bond acceptors (Lipinski definition) is 4. The van der Waals surface area contributed by atoms with Crippen molar-refractivity contribution in [1.82, 2.24) is 10.3 Å². The molecule has 0 saturated carbocycles. The van der Waals surface area contributed by atoms with Gasteiger partial charge in [0.05, 0.1) is 17.8 Å². The highest BCUT2D eigenvalue weighted by molar-refractivity contribution is 7.09. The first-order valence-electron chi connectivity index (χ1n) is 8.51. The van der Waals surface area contributed by atoms with E-state index in [0.29, 0.717) is 12.1 Å². The monoisotopic (exact) mass is 366 g/mol. The molecule has 1 N–H and O–H groups in total. The summed E-state index contributed by atoms with van der Waals surface area (Å²) in [6.07, 6.45) is 0.783. The lowest BCUT2D eigenvalue weighted by Crippen LogP contribution is -2.25. The highest BCUT2D eigenvalue weighted by Gasteiger charge is 2.08. The smallest absolute Gasteiger partial charge is 0.251 e. The van der Waals surface area contributed by atoms with Crippen molar-refractivity contribution in [3.8, 4) is 17.0 Å². The molecular formula is C21H22N2O2S. The maximum absolute atomic E-state index is 12.3. The molecule has 0 spiro atoms. The minimum absolute atomic E-state index is 0.0853. The molecule has 0 aliphatic carbocycles. The van der Waals surface area contributed by atoms with Crippen molar-refractivity contribution in [3.05, 3.63) is 69.5 Å². The minimum atomic E-state index is -0.0853. The summed E-state index contributed by atoms with van der Waals surface area (Å²) in [6.45, 7) is 4.55. The quantitative estimate of drug-likeness (QED) is 0.703. The summed E-state index contributed by atoms with van der Waals surface area (Å²) in [6, 6.07) is 13.8. The van der Waals surface area contributed by atoms with Crippen LogP contribution in [-0.2, 0) is 6.42 Å². The SMILES string of the molecule is COc1cc(C(=O)NCCc2ccc(-c3csc(C)n3)cc2)ccc1C. The summed E-state index contributed by atoms with van der Waals surface area (Å²) in [7, 11) is 1.61. The van der Waals surface area contributed by atoms with E-state index < -0.39 is 0 Å². The molecule has 0 saturated heterocycles. The van der Waals surface area contributed by atoms with Gasteiger partial charge in [-0.2, -0.15) is 0 Å². The Bertz CT molecular complexity index is 901. The number of aromatic nitrogens is 1. The summed E-state index contributed by atoms with van der Waals surface area (Å²) in [5.74, 6) is 0.642. The Morgan fingerprint density at radius 1 is 1.15 bits per heavy atom. The molecule has 2 aromatic carbocycles. The minimum Gasteiger partial charge on any atom is -0.496 e. The fourth-order valence-electron chi connectivity index (χ4n) is 2.72. The van der Waals surface area contributed by atoms with Crippen molar-refractivity contribution in [3.63, 3.8) is 0 Å². The molecule has 0 unspecified atom stereocenters. The molecule has 0 radical (unpaired) electrons. The number of carbonyl (C=O) groups excluding carboxylic acids is 1. The van der Waals surface area contributed by atoms with Gasteiger partial charge in [0.15, 0.2) is 0 Å². The molecule has 26 heavy (non-hydrogen) atoms. The number of nitrogens with zero attached hydrogens (tertiary/aromatic N) is 1. The Morgan fingerprint density at radius 2 is 1.92 bits per heavy atom. The van der Waals surface area contributed by atoms with Crippen LogP contribution in [-0.4, -0.2) is 24.5 Å². The number of rotatable bonds is 6. The molecule has 0 fully saturated rings. The first kappa shape index (κ1) is 18.1. The van der Waals surface area contributed by atoms with Gasteiger partial charge in [0, 0.05) is 23.1 Å². The van der Waals surface area contributed by atoms with Crippen LogP contribution in [0.4, 0.5) is 0 Å². The van der Waals surface area contributed by atoms with E-state index in [4.69, 9.17) is 4.74 Å². The Balaban J connectivity index is 1.55. The Morgan fingerprint density at radius 3 is 2.58 bits per heavy atom. The average molecular weight is 366 g/mol. The van der Waals surface area contributed by atoms with Crippen molar-refractivity contribution in [2.24, 2.45) is 0 Å². The van der Waals surface area contributed by atoms with Gasteiger partial charge in [-0.3, -0.25) is 4.79 Å². The first-order chi connectivity index (χ1) is 12.6. The largest absolute Gasteiger partial charge is 0.496 e. The second-order valence-corrected chi connectivity index (χ2v) is 7.20. The van der Waals surface area contributed by atoms with E-state index in [2.05, 4.69) is 39.9 Å². The molecule has 3 aromatic rings. The molecule has 1 aromatic heterocycles. The summed E-state index contributed by atoms with van der Waals surface area (Å²) >= 11 is 1.65. The third kappa shape index (κ3) is 4.29. The van der Waals surface area contributed by atoms with Crippen molar-refractivity contribution < 1.29 is 9.53 Å². The number of methoxy groups -OCH3 is 1. The molecule has 3 rings (SSSR count). The zero-order valence-electron chi connectivity index (χ0n) is 15.2. The van der Waals surface area contributed by atoms with Crippen molar-refractivity contribution in [2.45, 2.75) is 20.3 Å². The fourth-order valence-corrected chi connectivity index (χ4v) is 3.34. The fraction of sp³-hybridized carbons (Fsp3) is 0.238. The van der Waals surface area contributed by atoms with Crippen LogP contribution in [0.5, 0.6) is 5.75 Å². The topological polar surface area (TPSA) is 51.2 Å². The zero-order chi connectivity index (χ0) is 18.5. The van der Waals surface area contributed by atoms with Crippen molar-refractivity contribution in [1.29, 1.82) is 0 Å². The highest BCUT2D eigenvalue weighted by atomic mass is 32.1. The highest BCUT2D eigenvalue weighted by Crippen LogP contribution is 2.22. The standard InChI is InChI=1S/C21H22N2O2S/c1-14-4-7-18(12-20(14)25-3)21(24)22-11-10-16-5-8-17(9-6-16)19-13-26-15(2)23-19/h4-9,12-13H,10-11H2,1-3H3,(H,22,24). The molecule has 134 valence electrons. The van der Waals surface area contributed by atoms with Crippen LogP contribution in [0.2, 0.25) is 0 Å². The molecule has 0 bridgehead atoms. The molecule has 1 heterocycles.